The van der Waals surface area contributed by atoms with Crippen LogP contribution in [-0.2, 0) is 17.1 Å². The highest BCUT2D eigenvalue weighted by Crippen LogP contribution is 2.26. The van der Waals surface area contributed by atoms with Crippen molar-refractivity contribution in [2.45, 2.75) is 19.2 Å². The summed E-state index contributed by atoms with van der Waals surface area (Å²) >= 11 is 1.79. The molecule has 4 nitrogen and oxygen atoms in total. The number of benzene rings is 2. The molecule has 3 rings (SSSR count). The molecule has 0 unspecified atom stereocenters. The van der Waals surface area contributed by atoms with Gasteiger partial charge < -0.3 is 9.80 Å². The second kappa shape index (κ2) is 7.74. The minimum atomic E-state index is -0.0780. The van der Waals surface area contributed by atoms with Crippen LogP contribution >= 0.6 is 11.8 Å². The van der Waals surface area contributed by atoms with E-state index < -0.39 is 0 Å². The lowest BCUT2D eigenvalue weighted by molar-refractivity contribution is -0.118. The average Bonchev–Trinajstić information content (AvgIpc) is 2.77. The minimum Gasteiger partial charge on any atom is -0.325 e. The second-order valence-electron chi connectivity index (χ2n) is 6.04. The van der Waals surface area contributed by atoms with E-state index in [-0.39, 0.29) is 18.4 Å². The van der Waals surface area contributed by atoms with Gasteiger partial charge in [0.1, 0.15) is 6.54 Å². The normalized spacial score (nSPS) is 14.2. The number of fused-ring (bicyclic) bond motifs is 1. The van der Waals surface area contributed by atoms with Gasteiger partial charge in [-0.3, -0.25) is 9.59 Å². The third kappa shape index (κ3) is 3.71. The van der Waals surface area contributed by atoms with Gasteiger partial charge >= 0.3 is 0 Å². The van der Waals surface area contributed by atoms with E-state index in [9.17, 15) is 9.59 Å². The molecule has 0 bridgehead atoms. The molecule has 1 aliphatic rings. The van der Waals surface area contributed by atoms with Crippen LogP contribution in [0.15, 0.2) is 48.5 Å². The number of hydrogen-bond donors (Lipinski definition) is 0. The van der Waals surface area contributed by atoms with Crippen molar-refractivity contribution in [3.8, 4) is 0 Å². The molecule has 2 aromatic rings. The molecule has 0 saturated heterocycles. The average molecular weight is 354 g/mol. The quantitative estimate of drug-likeness (QED) is 0.843. The predicted octanol–water partition coefficient (Wildman–Crippen LogP) is 3.56. The maximum absolute atomic E-state index is 13.1. The molecule has 0 spiro atoms. The Hall–Kier alpha value is -2.27. The van der Waals surface area contributed by atoms with Gasteiger partial charge in [-0.2, -0.15) is 11.8 Å². The molecule has 0 aromatic heterocycles. The van der Waals surface area contributed by atoms with E-state index in [2.05, 4.69) is 6.92 Å². The Morgan fingerprint density at radius 1 is 1.08 bits per heavy atom. The third-order valence-electron chi connectivity index (χ3n) is 4.41. The maximum Gasteiger partial charge on any atom is 0.254 e. The fourth-order valence-corrected chi connectivity index (χ4v) is 3.69. The molecule has 130 valence electrons. The molecule has 0 N–H and O–H groups in total. The van der Waals surface area contributed by atoms with E-state index in [4.69, 9.17) is 0 Å². The third-order valence-corrected chi connectivity index (χ3v) is 5.33. The lowest BCUT2D eigenvalue weighted by atomic mass is 10.1. The van der Waals surface area contributed by atoms with Crippen molar-refractivity contribution in [3.05, 3.63) is 65.2 Å². The number of carbonyl (C=O) groups is 2. The molecular weight excluding hydrogens is 332 g/mol. The monoisotopic (exact) mass is 354 g/mol. The van der Waals surface area contributed by atoms with Gasteiger partial charge in [0, 0.05) is 30.6 Å². The van der Waals surface area contributed by atoms with Crippen LogP contribution < -0.4 is 4.90 Å². The number of nitrogens with zero attached hydrogens (tertiary/aromatic N) is 2. The van der Waals surface area contributed by atoms with E-state index >= 15 is 0 Å². The first-order chi connectivity index (χ1) is 12.1. The van der Waals surface area contributed by atoms with Gasteiger partial charge in [-0.1, -0.05) is 43.3 Å². The van der Waals surface area contributed by atoms with Gasteiger partial charge in [-0.25, -0.2) is 0 Å². The number of rotatable bonds is 4. The second-order valence-corrected chi connectivity index (χ2v) is 7.31. The van der Waals surface area contributed by atoms with Crippen LogP contribution in [0.5, 0.6) is 0 Å². The first-order valence-electron chi connectivity index (χ1n) is 8.41. The zero-order valence-electron chi connectivity index (χ0n) is 14.6. The largest absolute Gasteiger partial charge is 0.325 e. The maximum atomic E-state index is 13.1. The Labute approximate surface area is 152 Å². The summed E-state index contributed by atoms with van der Waals surface area (Å²) in [4.78, 5) is 28.9. The smallest absolute Gasteiger partial charge is 0.254 e. The molecule has 25 heavy (non-hydrogen) atoms. The molecule has 0 radical (unpaired) electrons. The van der Waals surface area contributed by atoms with Gasteiger partial charge in [-0.15, -0.1) is 0 Å². The fourth-order valence-electron chi connectivity index (χ4n) is 3.02. The number of amides is 2. The molecule has 0 saturated carbocycles. The summed E-state index contributed by atoms with van der Waals surface area (Å²) in [6, 6.07) is 15.4. The number of likely N-dealkylation sites (N-methyl/N-ethyl adjacent to an activating group) is 1. The van der Waals surface area contributed by atoms with Gasteiger partial charge in [-0.05, 0) is 29.0 Å². The molecule has 1 aliphatic heterocycles. The SMILES string of the molecule is CCSCc1ccccc1C(=O)N1CC(=O)N(C)c2ccccc2C1. The highest BCUT2D eigenvalue weighted by Gasteiger charge is 2.28. The molecule has 2 aromatic carbocycles. The highest BCUT2D eigenvalue weighted by atomic mass is 32.2. The number of para-hydroxylation sites is 1. The summed E-state index contributed by atoms with van der Waals surface area (Å²) in [5, 5.41) is 0. The van der Waals surface area contributed by atoms with Crippen molar-refractivity contribution in [1.82, 2.24) is 4.90 Å². The number of thioether (sulfide) groups is 1. The Morgan fingerprint density at radius 2 is 1.80 bits per heavy atom. The van der Waals surface area contributed by atoms with E-state index in [0.29, 0.717) is 12.1 Å². The Balaban J connectivity index is 1.92. The topological polar surface area (TPSA) is 40.6 Å². The summed E-state index contributed by atoms with van der Waals surface area (Å²) in [6.45, 7) is 2.65. The molecule has 5 heteroatoms. The van der Waals surface area contributed by atoms with Crippen LogP contribution in [0.3, 0.4) is 0 Å². The molecule has 2 amide bonds. The zero-order chi connectivity index (χ0) is 17.8. The molecule has 0 aliphatic carbocycles. The molecular formula is C20H22N2O2S. The standard InChI is InChI=1S/C20H22N2O2S/c1-3-25-14-16-9-4-6-10-17(16)20(24)22-12-15-8-5-7-11-18(15)21(2)19(23)13-22/h4-11H,3,12-14H2,1-2H3. The Bertz CT molecular complexity index is 791. The molecule has 0 atom stereocenters. The van der Waals surface area contributed by atoms with E-state index in [1.54, 1.807) is 28.6 Å². The van der Waals surface area contributed by atoms with Crippen LogP contribution in [0.2, 0.25) is 0 Å². The van der Waals surface area contributed by atoms with Crippen LogP contribution in [0, 0.1) is 0 Å². The van der Waals surface area contributed by atoms with Crippen LogP contribution in [0.25, 0.3) is 0 Å². The van der Waals surface area contributed by atoms with Crippen LogP contribution in [0.1, 0.15) is 28.4 Å². The summed E-state index contributed by atoms with van der Waals surface area (Å²) < 4.78 is 0. The van der Waals surface area contributed by atoms with Crippen LogP contribution in [-0.4, -0.2) is 36.1 Å². The summed E-state index contributed by atoms with van der Waals surface area (Å²) in [6.07, 6.45) is 0. The number of anilines is 1. The minimum absolute atomic E-state index is 0.0706. The molecule has 1 heterocycles. The summed E-state index contributed by atoms with van der Waals surface area (Å²) in [5.41, 5.74) is 3.58. The number of carbonyl (C=O) groups excluding carboxylic acids is 2. The van der Waals surface area contributed by atoms with Crippen molar-refractivity contribution >= 4 is 29.3 Å². The summed E-state index contributed by atoms with van der Waals surface area (Å²) in [7, 11) is 1.76. The summed E-state index contributed by atoms with van der Waals surface area (Å²) in [5.74, 6) is 1.66. The van der Waals surface area contributed by atoms with E-state index in [0.717, 1.165) is 28.3 Å². The van der Waals surface area contributed by atoms with Gasteiger partial charge in [0.25, 0.3) is 5.91 Å². The van der Waals surface area contributed by atoms with Gasteiger partial charge in [0.05, 0.1) is 0 Å². The Morgan fingerprint density at radius 3 is 2.60 bits per heavy atom. The van der Waals surface area contributed by atoms with Crippen molar-refractivity contribution in [1.29, 1.82) is 0 Å². The highest BCUT2D eigenvalue weighted by molar-refractivity contribution is 7.98. The van der Waals surface area contributed by atoms with E-state index in [1.165, 1.54) is 0 Å². The first kappa shape index (κ1) is 17.5. The van der Waals surface area contributed by atoms with Gasteiger partial charge in [0.15, 0.2) is 0 Å². The lowest BCUT2D eigenvalue weighted by Gasteiger charge is -2.21. The predicted molar refractivity (Wildman–Crippen MR) is 103 cm³/mol. The van der Waals surface area contributed by atoms with Crippen molar-refractivity contribution in [3.63, 3.8) is 0 Å². The lowest BCUT2D eigenvalue weighted by Crippen LogP contribution is -2.38. The Kier molecular flexibility index (Phi) is 5.43. The van der Waals surface area contributed by atoms with Crippen LogP contribution in [0.4, 0.5) is 5.69 Å². The first-order valence-corrected chi connectivity index (χ1v) is 9.56. The van der Waals surface area contributed by atoms with Crippen molar-refractivity contribution in [2.24, 2.45) is 0 Å². The number of hydrogen-bond acceptors (Lipinski definition) is 3. The zero-order valence-corrected chi connectivity index (χ0v) is 15.4. The van der Waals surface area contributed by atoms with Crippen molar-refractivity contribution in [2.75, 3.05) is 24.2 Å². The van der Waals surface area contributed by atoms with E-state index in [1.807, 2.05) is 48.5 Å². The van der Waals surface area contributed by atoms with Crippen molar-refractivity contribution < 1.29 is 9.59 Å². The fraction of sp³-hybridized carbons (Fsp3) is 0.300. The molecule has 0 fully saturated rings. The van der Waals surface area contributed by atoms with Gasteiger partial charge in [0.2, 0.25) is 5.91 Å².